The number of fused-ring (bicyclic) bond motifs is 1. The lowest BCUT2D eigenvalue weighted by molar-refractivity contribution is 0.102. The highest BCUT2D eigenvalue weighted by Gasteiger charge is 2.24. The number of hydrogen-bond donors (Lipinski definition) is 1. The summed E-state index contributed by atoms with van der Waals surface area (Å²) in [4.78, 5) is 23.9. The Morgan fingerprint density at radius 1 is 1.34 bits per heavy atom. The van der Waals surface area contributed by atoms with Crippen molar-refractivity contribution in [2.24, 2.45) is 0 Å². The Hall–Kier alpha value is -2.18. The van der Waals surface area contributed by atoms with Gasteiger partial charge in [-0.25, -0.2) is 13.2 Å². The van der Waals surface area contributed by atoms with E-state index in [1.54, 1.807) is 25.1 Å². The van der Waals surface area contributed by atoms with E-state index in [9.17, 15) is 18.0 Å². The molecular weight excluding hydrogens is 436 g/mol. The van der Waals surface area contributed by atoms with Crippen molar-refractivity contribution in [3.05, 3.63) is 29.3 Å². The lowest BCUT2D eigenvalue weighted by atomic mass is 9.99. The third kappa shape index (κ3) is 5.46. The lowest BCUT2D eigenvalue weighted by Gasteiger charge is -2.29. The van der Waals surface area contributed by atoms with Crippen molar-refractivity contribution in [2.45, 2.75) is 24.1 Å². The fourth-order valence-electron chi connectivity index (χ4n) is 2.86. The number of ether oxygens (including phenoxy) is 1. The molecule has 29 heavy (non-hydrogen) atoms. The number of aryl methyl sites for hydroxylation is 1. The second-order valence-electron chi connectivity index (χ2n) is 6.21. The highest BCUT2D eigenvalue weighted by molar-refractivity contribution is 8.01. The van der Waals surface area contributed by atoms with Crippen LogP contribution in [0.5, 0.6) is 0 Å². The van der Waals surface area contributed by atoms with Gasteiger partial charge in [0.1, 0.15) is 0 Å². The van der Waals surface area contributed by atoms with E-state index in [4.69, 9.17) is 4.74 Å². The number of nitrogens with zero attached hydrogens (tertiary/aromatic N) is 3. The number of thioether (sulfide) groups is 1. The van der Waals surface area contributed by atoms with Gasteiger partial charge in [0.25, 0.3) is 0 Å². The number of Topliss-reactive ketones (excluding diaryl/α,β-unsaturated/α-hetero) is 1. The maximum absolute atomic E-state index is 12.6. The van der Waals surface area contributed by atoms with E-state index in [-0.39, 0.29) is 18.1 Å². The minimum absolute atomic E-state index is 0.0932. The Labute approximate surface area is 176 Å². The molecule has 0 aliphatic carbocycles. The Bertz CT molecular complexity index is 1020. The summed E-state index contributed by atoms with van der Waals surface area (Å²) in [5, 5.41) is 10.5. The molecule has 12 heteroatoms. The topological polar surface area (TPSA) is 119 Å². The van der Waals surface area contributed by atoms with Crippen LogP contribution in [0.25, 0.3) is 0 Å². The average Bonchev–Trinajstić information content (AvgIpc) is 3.11. The molecular formula is C17H20N4O5S3. The zero-order valence-corrected chi connectivity index (χ0v) is 18.3. The van der Waals surface area contributed by atoms with Crippen LogP contribution in [0.4, 0.5) is 15.6 Å². The van der Waals surface area contributed by atoms with Crippen LogP contribution in [0, 0.1) is 0 Å². The largest absolute Gasteiger partial charge is 0.450 e. The molecule has 156 valence electrons. The number of nitrogens with one attached hydrogen (secondary N) is 1. The molecule has 0 atom stereocenters. The third-order valence-corrected chi connectivity index (χ3v) is 7.25. The summed E-state index contributed by atoms with van der Waals surface area (Å²) in [5.41, 5.74) is 2.03. The van der Waals surface area contributed by atoms with Crippen LogP contribution in [0.2, 0.25) is 0 Å². The number of hydrogen-bond acceptors (Lipinski definition) is 9. The van der Waals surface area contributed by atoms with Gasteiger partial charge in [0, 0.05) is 12.1 Å². The minimum atomic E-state index is -3.34. The summed E-state index contributed by atoms with van der Waals surface area (Å²) in [6, 6.07) is 5.11. The molecule has 0 bridgehead atoms. The smallest absolute Gasteiger partial charge is 0.413 e. The fourth-order valence-corrected chi connectivity index (χ4v) is 5.49. The van der Waals surface area contributed by atoms with Gasteiger partial charge < -0.3 is 4.74 Å². The van der Waals surface area contributed by atoms with E-state index in [0.29, 0.717) is 33.7 Å². The number of amides is 1. The zero-order valence-electron chi connectivity index (χ0n) is 15.9. The summed E-state index contributed by atoms with van der Waals surface area (Å²) in [6.45, 7) is 2.41. The van der Waals surface area contributed by atoms with Gasteiger partial charge in [-0.15, -0.1) is 10.2 Å². The van der Waals surface area contributed by atoms with Crippen LogP contribution in [0.1, 0.15) is 29.3 Å². The Kier molecular flexibility index (Phi) is 6.75. The lowest BCUT2D eigenvalue weighted by Crippen LogP contribution is -2.34. The van der Waals surface area contributed by atoms with Crippen molar-refractivity contribution in [3.63, 3.8) is 0 Å². The van der Waals surface area contributed by atoms with Crippen molar-refractivity contribution in [1.82, 2.24) is 10.2 Å². The molecule has 1 N–H and O–H groups in total. The predicted molar refractivity (Wildman–Crippen MR) is 113 cm³/mol. The van der Waals surface area contributed by atoms with Gasteiger partial charge in [-0.1, -0.05) is 23.1 Å². The average molecular weight is 457 g/mol. The van der Waals surface area contributed by atoms with Crippen LogP contribution < -0.4 is 9.62 Å². The summed E-state index contributed by atoms with van der Waals surface area (Å²) >= 11 is 2.38. The second-order valence-corrected chi connectivity index (χ2v) is 10.3. The van der Waals surface area contributed by atoms with Gasteiger partial charge in [0.2, 0.25) is 15.2 Å². The number of carbonyl (C=O) groups is 2. The van der Waals surface area contributed by atoms with Crippen molar-refractivity contribution in [3.8, 4) is 0 Å². The Balaban J connectivity index is 1.63. The number of benzene rings is 1. The van der Waals surface area contributed by atoms with Crippen LogP contribution >= 0.6 is 23.1 Å². The normalized spacial score (nSPS) is 13.7. The molecule has 0 fully saturated rings. The van der Waals surface area contributed by atoms with Gasteiger partial charge in [-0.3, -0.25) is 14.4 Å². The highest BCUT2D eigenvalue weighted by atomic mass is 32.2. The van der Waals surface area contributed by atoms with Gasteiger partial charge >= 0.3 is 6.09 Å². The van der Waals surface area contributed by atoms with Crippen LogP contribution in [0.15, 0.2) is 22.5 Å². The molecule has 0 saturated heterocycles. The molecule has 1 amide bonds. The second kappa shape index (κ2) is 9.09. The molecule has 3 rings (SSSR count). The molecule has 0 spiro atoms. The van der Waals surface area contributed by atoms with Gasteiger partial charge in [0.05, 0.1) is 24.3 Å². The molecule has 0 saturated carbocycles. The van der Waals surface area contributed by atoms with Crippen LogP contribution in [-0.2, 0) is 21.2 Å². The van der Waals surface area contributed by atoms with E-state index in [2.05, 4.69) is 15.5 Å². The number of rotatable bonds is 7. The number of aromatic nitrogens is 2. The summed E-state index contributed by atoms with van der Waals surface area (Å²) < 4.78 is 30.6. The number of carbonyl (C=O) groups excluding carboxylic acids is 2. The van der Waals surface area contributed by atoms with E-state index in [1.807, 2.05) is 0 Å². The quantitative estimate of drug-likeness (QED) is 0.384. The first-order valence-corrected chi connectivity index (χ1v) is 12.5. The van der Waals surface area contributed by atoms with Gasteiger partial charge in [-0.05, 0) is 43.5 Å². The van der Waals surface area contributed by atoms with Crippen molar-refractivity contribution >= 4 is 55.8 Å². The van der Waals surface area contributed by atoms with Crippen molar-refractivity contribution < 1.29 is 22.7 Å². The summed E-state index contributed by atoms with van der Waals surface area (Å²) in [7, 11) is -3.34. The minimum Gasteiger partial charge on any atom is -0.450 e. The van der Waals surface area contributed by atoms with E-state index in [1.165, 1.54) is 22.3 Å². The molecule has 1 aliphatic heterocycles. The molecule has 2 heterocycles. The summed E-state index contributed by atoms with van der Waals surface area (Å²) in [6.07, 6.45) is 2.03. The van der Waals surface area contributed by atoms with Crippen LogP contribution in [-0.4, -0.2) is 55.7 Å². The van der Waals surface area contributed by atoms with Gasteiger partial charge in [-0.2, -0.15) is 0 Å². The molecule has 1 aromatic carbocycles. The van der Waals surface area contributed by atoms with E-state index < -0.39 is 16.1 Å². The Morgan fingerprint density at radius 3 is 2.86 bits per heavy atom. The van der Waals surface area contributed by atoms with Crippen molar-refractivity contribution in [2.75, 3.05) is 34.8 Å². The molecule has 1 aliphatic rings. The molecule has 1 aromatic heterocycles. The fraction of sp³-hybridized carbons (Fsp3) is 0.412. The molecule has 9 nitrogen and oxygen atoms in total. The monoisotopic (exact) mass is 456 g/mol. The van der Waals surface area contributed by atoms with Crippen LogP contribution in [0.3, 0.4) is 0 Å². The first-order chi connectivity index (χ1) is 13.8. The zero-order chi connectivity index (χ0) is 21.0. The Morgan fingerprint density at radius 2 is 2.14 bits per heavy atom. The van der Waals surface area contributed by atoms with Gasteiger partial charge in [0.15, 0.2) is 10.1 Å². The maximum atomic E-state index is 12.6. The SMILES string of the molecule is CCOC(=O)Nc1nnc(SCC(=O)c2ccc3c(c2)CCCN3S(C)(=O)=O)s1. The molecule has 2 aromatic rings. The first kappa shape index (κ1) is 21.5. The number of anilines is 2. The number of ketones is 1. The highest BCUT2D eigenvalue weighted by Crippen LogP contribution is 2.31. The predicted octanol–water partition coefficient (Wildman–Crippen LogP) is 2.79. The van der Waals surface area contributed by atoms with E-state index in [0.717, 1.165) is 23.3 Å². The first-order valence-electron chi connectivity index (χ1n) is 8.82. The molecule has 0 radical (unpaired) electrons. The number of sulfonamides is 1. The standard InChI is InChI=1S/C17H20N4O5S3/c1-3-26-16(23)18-15-19-20-17(28-15)27-10-14(22)12-6-7-13-11(9-12)5-4-8-21(13)29(2,24)25/h6-7,9H,3-5,8,10H2,1-2H3,(H,18,19,23). The molecule has 0 unspecified atom stereocenters. The van der Waals surface area contributed by atoms with E-state index >= 15 is 0 Å². The maximum Gasteiger partial charge on any atom is 0.413 e. The van der Waals surface area contributed by atoms with Crippen molar-refractivity contribution in [1.29, 1.82) is 0 Å². The third-order valence-electron chi connectivity index (χ3n) is 4.10. The summed E-state index contributed by atoms with van der Waals surface area (Å²) in [5.74, 6) is 0.0622.